The molecule has 0 aliphatic heterocycles. The molecule has 0 atom stereocenters. The van der Waals surface area contributed by atoms with Crippen LogP contribution in [-0.4, -0.2) is 19.6 Å². The number of rotatable bonds is 6. The third-order valence-electron chi connectivity index (χ3n) is 2.99. The summed E-state index contributed by atoms with van der Waals surface area (Å²) in [6.45, 7) is 1.34. The van der Waals surface area contributed by atoms with E-state index >= 15 is 0 Å². The van der Waals surface area contributed by atoms with E-state index in [0.717, 1.165) is 17.7 Å². The fraction of sp³-hybridized carbons (Fsp3) is 0.267. The highest BCUT2D eigenvalue weighted by molar-refractivity contribution is 5.84. The summed E-state index contributed by atoms with van der Waals surface area (Å²) in [6, 6.07) is 12.3. The monoisotopic (exact) mass is 258 g/mol. The third-order valence-corrected chi connectivity index (χ3v) is 2.99. The van der Waals surface area contributed by atoms with Crippen molar-refractivity contribution in [3.63, 3.8) is 0 Å². The van der Waals surface area contributed by atoms with Gasteiger partial charge in [-0.25, -0.2) is 0 Å². The van der Waals surface area contributed by atoms with Crippen LogP contribution in [0.3, 0.4) is 0 Å². The van der Waals surface area contributed by atoms with Crippen LogP contribution >= 0.6 is 0 Å². The minimum Gasteiger partial charge on any atom is -0.497 e. The van der Waals surface area contributed by atoms with Crippen molar-refractivity contribution in [2.75, 3.05) is 13.7 Å². The van der Waals surface area contributed by atoms with Crippen molar-refractivity contribution in [1.82, 2.24) is 5.32 Å². The SMILES string of the molecule is COc1ccc2cc(CNCCC(N)=O)ccc2c1. The van der Waals surface area contributed by atoms with Crippen molar-refractivity contribution in [3.8, 4) is 5.75 Å². The summed E-state index contributed by atoms with van der Waals surface area (Å²) >= 11 is 0. The maximum atomic E-state index is 10.6. The number of benzene rings is 2. The number of fused-ring (bicyclic) bond motifs is 1. The lowest BCUT2D eigenvalue weighted by Gasteiger charge is -2.06. The van der Waals surface area contributed by atoms with Crippen LogP contribution in [0.4, 0.5) is 0 Å². The van der Waals surface area contributed by atoms with E-state index in [1.165, 1.54) is 10.9 Å². The Labute approximate surface area is 112 Å². The maximum absolute atomic E-state index is 10.6. The molecule has 0 aliphatic carbocycles. The number of methoxy groups -OCH3 is 1. The second-order valence-corrected chi connectivity index (χ2v) is 4.44. The molecule has 0 aromatic heterocycles. The fourth-order valence-electron chi connectivity index (χ4n) is 1.95. The maximum Gasteiger partial charge on any atom is 0.218 e. The van der Waals surface area contributed by atoms with E-state index in [-0.39, 0.29) is 5.91 Å². The molecule has 0 saturated heterocycles. The molecule has 2 aromatic carbocycles. The smallest absolute Gasteiger partial charge is 0.218 e. The molecule has 100 valence electrons. The van der Waals surface area contributed by atoms with Gasteiger partial charge in [-0.05, 0) is 34.5 Å². The Hall–Kier alpha value is -2.07. The molecule has 1 amide bonds. The number of nitrogens with one attached hydrogen (secondary N) is 1. The Bertz CT molecular complexity index is 581. The number of amides is 1. The first kappa shape index (κ1) is 13.4. The topological polar surface area (TPSA) is 64.3 Å². The zero-order valence-electron chi connectivity index (χ0n) is 11.0. The first-order chi connectivity index (χ1) is 9.19. The van der Waals surface area contributed by atoms with Gasteiger partial charge in [0.15, 0.2) is 0 Å². The van der Waals surface area contributed by atoms with Gasteiger partial charge in [0.25, 0.3) is 0 Å². The van der Waals surface area contributed by atoms with Crippen LogP contribution in [0.1, 0.15) is 12.0 Å². The van der Waals surface area contributed by atoms with Gasteiger partial charge in [-0.15, -0.1) is 0 Å². The van der Waals surface area contributed by atoms with E-state index < -0.39 is 0 Å². The van der Waals surface area contributed by atoms with Crippen LogP contribution in [0.5, 0.6) is 5.75 Å². The Kier molecular flexibility index (Phi) is 4.36. The number of hydrogen-bond donors (Lipinski definition) is 2. The molecule has 0 fully saturated rings. The molecule has 0 spiro atoms. The van der Waals surface area contributed by atoms with E-state index in [1.54, 1.807) is 7.11 Å². The molecule has 0 aliphatic rings. The Balaban J connectivity index is 2.03. The number of primary amides is 1. The molecule has 0 bridgehead atoms. The lowest BCUT2D eigenvalue weighted by molar-refractivity contribution is -0.117. The highest BCUT2D eigenvalue weighted by atomic mass is 16.5. The van der Waals surface area contributed by atoms with Gasteiger partial charge in [0, 0.05) is 19.5 Å². The van der Waals surface area contributed by atoms with E-state index in [1.807, 2.05) is 18.2 Å². The van der Waals surface area contributed by atoms with Crippen molar-refractivity contribution in [1.29, 1.82) is 0 Å². The number of ether oxygens (including phenoxy) is 1. The standard InChI is InChI=1S/C15H18N2O2/c1-19-14-5-4-12-8-11(2-3-13(12)9-14)10-17-7-6-15(16)18/h2-5,8-9,17H,6-7,10H2,1H3,(H2,16,18). The molecule has 4 heteroatoms. The summed E-state index contributed by atoms with van der Waals surface area (Å²) < 4.78 is 5.20. The van der Waals surface area contributed by atoms with Gasteiger partial charge in [0.05, 0.1) is 7.11 Å². The van der Waals surface area contributed by atoms with Crippen molar-refractivity contribution in [2.24, 2.45) is 5.73 Å². The van der Waals surface area contributed by atoms with Crippen molar-refractivity contribution in [2.45, 2.75) is 13.0 Å². The fourth-order valence-corrected chi connectivity index (χ4v) is 1.95. The minimum absolute atomic E-state index is 0.280. The molecule has 0 heterocycles. The molecule has 0 saturated carbocycles. The second kappa shape index (κ2) is 6.20. The van der Waals surface area contributed by atoms with E-state index in [0.29, 0.717) is 13.0 Å². The number of carbonyl (C=O) groups is 1. The summed E-state index contributed by atoms with van der Waals surface area (Å²) in [5.41, 5.74) is 6.27. The molecule has 0 unspecified atom stereocenters. The molecule has 2 aromatic rings. The van der Waals surface area contributed by atoms with E-state index in [2.05, 4.69) is 23.5 Å². The summed E-state index contributed by atoms with van der Waals surface area (Å²) in [7, 11) is 1.66. The average molecular weight is 258 g/mol. The van der Waals surface area contributed by atoms with Gasteiger partial charge in [-0.2, -0.15) is 0 Å². The van der Waals surface area contributed by atoms with Crippen LogP contribution in [0.2, 0.25) is 0 Å². The van der Waals surface area contributed by atoms with Crippen LogP contribution < -0.4 is 15.8 Å². The third kappa shape index (κ3) is 3.69. The minimum atomic E-state index is -0.280. The summed E-state index contributed by atoms with van der Waals surface area (Å²) in [5, 5.41) is 5.52. The summed E-state index contributed by atoms with van der Waals surface area (Å²) in [5.74, 6) is 0.581. The second-order valence-electron chi connectivity index (χ2n) is 4.44. The predicted octanol–water partition coefficient (Wildman–Crippen LogP) is 1.81. The molecular formula is C15H18N2O2. The zero-order valence-corrected chi connectivity index (χ0v) is 11.0. The number of nitrogens with two attached hydrogens (primary N) is 1. The van der Waals surface area contributed by atoms with Gasteiger partial charge in [-0.3, -0.25) is 4.79 Å². The van der Waals surface area contributed by atoms with Gasteiger partial charge in [0.2, 0.25) is 5.91 Å². The van der Waals surface area contributed by atoms with Crippen LogP contribution in [0.25, 0.3) is 10.8 Å². The van der Waals surface area contributed by atoms with Gasteiger partial charge in [-0.1, -0.05) is 18.2 Å². The summed E-state index contributed by atoms with van der Waals surface area (Å²) in [6.07, 6.45) is 0.366. The van der Waals surface area contributed by atoms with E-state index in [9.17, 15) is 4.79 Å². The molecular weight excluding hydrogens is 240 g/mol. The molecule has 4 nitrogen and oxygen atoms in total. The first-order valence-corrected chi connectivity index (χ1v) is 6.25. The van der Waals surface area contributed by atoms with Crippen LogP contribution in [-0.2, 0) is 11.3 Å². The summed E-state index contributed by atoms with van der Waals surface area (Å²) in [4.78, 5) is 10.6. The van der Waals surface area contributed by atoms with Crippen LogP contribution in [0, 0.1) is 0 Å². The normalized spacial score (nSPS) is 10.6. The lowest BCUT2D eigenvalue weighted by atomic mass is 10.1. The molecule has 3 N–H and O–H groups in total. The molecule has 19 heavy (non-hydrogen) atoms. The van der Waals surface area contributed by atoms with Crippen molar-refractivity contribution in [3.05, 3.63) is 42.0 Å². The van der Waals surface area contributed by atoms with Crippen molar-refractivity contribution >= 4 is 16.7 Å². The largest absolute Gasteiger partial charge is 0.497 e. The molecule has 0 radical (unpaired) electrons. The number of carbonyl (C=O) groups excluding carboxylic acids is 1. The van der Waals surface area contributed by atoms with Gasteiger partial charge in [0.1, 0.15) is 5.75 Å². The Morgan fingerprint density at radius 2 is 1.95 bits per heavy atom. The zero-order chi connectivity index (χ0) is 13.7. The Morgan fingerprint density at radius 1 is 1.21 bits per heavy atom. The quantitative estimate of drug-likeness (QED) is 0.777. The van der Waals surface area contributed by atoms with Crippen LogP contribution in [0.15, 0.2) is 36.4 Å². The highest BCUT2D eigenvalue weighted by Gasteiger charge is 1.99. The molecule has 2 rings (SSSR count). The first-order valence-electron chi connectivity index (χ1n) is 6.25. The van der Waals surface area contributed by atoms with Crippen molar-refractivity contribution < 1.29 is 9.53 Å². The van der Waals surface area contributed by atoms with Gasteiger partial charge < -0.3 is 15.8 Å². The van der Waals surface area contributed by atoms with E-state index in [4.69, 9.17) is 10.5 Å². The lowest BCUT2D eigenvalue weighted by Crippen LogP contribution is -2.21. The highest BCUT2D eigenvalue weighted by Crippen LogP contribution is 2.21. The average Bonchev–Trinajstić information content (AvgIpc) is 2.42. The Morgan fingerprint density at radius 3 is 2.68 bits per heavy atom. The van der Waals surface area contributed by atoms with Gasteiger partial charge >= 0.3 is 0 Å². The predicted molar refractivity (Wildman–Crippen MR) is 76.0 cm³/mol. The number of hydrogen-bond acceptors (Lipinski definition) is 3.